The van der Waals surface area contributed by atoms with Crippen LogP contribution in [0.15, 0.2) is 48.5 Å². The highest BCUT2D eigenvalue weighted by Crippen LogP contribution is 2.35. The normalized spacial score (nSPS) is 18.7. The maximum absolute atomic E-state index is 6.24. The lowest BCUT2D eigenvalue weighted by Gasteiger charge is -2.23. The molecule has 3 nitrogen and oxygen atoms in total. The summed E-state index contributed by atoms with van der Waals surface area (Å²) >= 11 is 6.24. The fourth-order valence-corrected chi connectivity index (χ4v) is 2.77. The number of hydrazine groups is 1. The Labute approximate surface area is 117 Å². The zero-order valence-corrected chi connectivity index (χ0v) is 11.1. The van der Waals surface area contributed by atoms with Crippen LogP contribution in [0.5, 0.6) is 5.75 Å². The first-order chi connectivity index (χ1) is 9.29. The molecule has 0 bridgehead atoms. The molecule has 0 amide bonds. The van der Waals surface area contributed by atoms with Crippen molar-refractivity contribution in [1.82, 2.24) is 5.43 Å². The van der Waals surface area contributed by atoms with Crippen LogP contribution < -0.4 is 16.0 Å². The van der Waals surface area contributed by atoms with Gasteiger partial charge in [0.25, 0.3) is 0 Å². The minimum Gasteiger partial charge on any atom is -0.488 e. The second-order valence-electron chi connectivity index (χ2n) is 4.63. The predicted octanol–water partition coefficient (Wildman–Crippen LogP) is 2.85. The highest BCUT2D eigenvalue weighted by Gasteiger charge is 2.31. The number of nitrogens with one attached hydrogen (secondary N) is 1. The van der Waals surface area contributed by atoms with E-state index in [0.29, 0.717) is 5.02 Å². The predicted molar refractivity (Wildman–Crippen MR) is 76.1 cm³/mol. The van der Waals surface area contributed by atoms with Crippen LogP contribution in [0.3, 0.4) is 0 Å². The van der Waals surface area contributed by atoms with Crippen molar-refractivity contribution in [2.75, 3.05) is 0 Å². The average molecular weight is 275 g/mol. The molecular formula is C15H15ClN2O. The topological polar surface area (TPSA) is 47.3 Å². The number of para-hydroxylation sites is 1. The highest BCUT2D eigenvalue weighted by atomic mass is 35.5. The molecule has 0 fully saturated rings. The summed E-state index contributed by atoms with van der Waals surface area (Å²) in [4.78, 5) is 0. The second-order valence-corrected chi connectivity index (χ2v) is 5.04. The Balaban J connectivity index is 1.88. The highest BCUT2D eigenvalue weighted by molar-refractivity contribution is 6.31. The summed E-state index contributed by atoms with van der Waals surface area (Å²) in [6.07, 6.45) is 0.790. The fourth-order valence-electron chi connectivity index (χ4n) is 2.52. The minimum atomic E-state index is -0.124. The van der Waals surface area contributed by atoms with Gasteiger partial charge in [0, 0.05) is 11.4 Å². The molecule has 1 heterocycles. The van der Waals surface area contributed by atoms with E-state index in [9.17, 15) is 0 Å². The fraction of sp³-hybridized carbons (Fsp3) is 0.200. The van der Waals surface area contributed by atoms with Crippen molar-refractivity contribution in [2.45, 2.75) is 18.6 Å². The molecule has 3 rings (SSSR count). The van der Waals surface area contributed by atoms with E-state index in [1.807, 2.05) is 42.5 Å². The largest absolute Gasteiger partial charge is 0.488 e. The molecule has 0 saturated heterocycles. The smallest absolute Gasteiger partial charge is 0.124 e. The molecule has 0 spiro atoms. The van der Waals surface area contributed by atoms with E-state index in [4.69, 9.17) is 22.2 Å². The van der Waals surface area contributed by atoms with Gasteiger partial charge in [-0.25, -0.2) is 5.43 Å². The zero-order valence-electron chi connectivity index (χ0n) is 10.3. The second kappa shape index (κ2) is 5.21. The number of hydrogen-bond donors (Lipinski definition) is 2. The molecule has 2 atom stereocenters. The van der Waals surface area contributed by atoms with Gasteiger partial charge in [-0.3, -0.25) is 5.84 Å². The molecule has 0 aliphatic carbocycles. The molecule has 0 radical (unpaired) electrons. The van der Waals surface area contributed by atoms with Gasteiger partial charge in [0.15, 0.2) is 0 Å². The van der Waals surface area contributed by atoms with E-state index >= 15 is 0 Å². The van der Waals surface area contributed by atoms with Crippen LogP contribution in [-0.2, 0) is 6.42 Å². The number of rotatable bonds is 3. The molecule has 2 aromatic rings. The molecule has 4 heteroatoms. The summed E-state index contributed by atoms with van der Waals surface area (Å²) in [5.74, 6) is 6.63. The molecule has 0 aromatic heterocycles. The molecule has 3 N–H and O–H groups in total. The molecule has 0 saturated carbocycles. The number of halogens is 1. The lowest BCUT2D eigenvalue weighted by Crippen LogP contribution is -2.39. The summed E-state index contributed by atoms with van der Waals surface area (Å²) in [5, 5.41) is 0.699. The number of hydrogen-bond acceptors (Lipinski definition) is 3. The van der Waals surface area contributed by atoms with Crippen molar-refractivity contribution < 1.29 is 4.74 Å². The lowest BCUT2D eigenvalue weighted by atomic mass is 9.98. The number of fused-ring (bicyclic) bond motifs is 1. The third kappa shape index (κ3) is 2.32. The first-order valence-corrected chi connectivity index (χ1v) is 6.62. The Hall–Kier alpha value is -1.55. The van der Waals surface area contributed by atoms with Gasteiger partial charge in [-0.15, -0.1) is 0 Å². The van der Waals surface area contributed by atoms with Crippen molar-refractivity contribution in [2.24, 2.45) is 5.84 Å². The Morgan fingerprint density at radius 1 is 1.16 bits per heavy atom. The maximum atomic E-state index is 6.24. The number of benzene rings is 2. The number of nitrogens with two attached hydrogens (primary N) is 1. The van der Waals surface area contributed by atoms with Gasteiger partial charge in [0.2, 0.25) is 0 Å². The molecule has 1 aliphatic rings. The van der Waals surface area contributed by atoms with Crippen molar-refractivity contribution in [3.63, 3.8) is 0 Å². The summed E-state index contributed by atoms with van der Waals surface area (Å²) in [6, 6.07) is 15.6. The summed E-state index contributed by atoms with van der Waals surface area (Å²) in [6.45, 7) is 0. The van der Waals surface area contributed by atoms with Crippen LogP contribution in [0.4, 0.5) is 0 Å². The molecule has 98 valence electrons. The van der Waals surface area contributed by atoms with Crippen LogP contribution in [-0.4, -0.2) is 6.10 Å². The Morgan fingerprint density at radius 3 is 2.63 bits per heavy atom. The third-order valence-corrected chi connectivity index (χ3v) is 3.81. The van der Waals surface area contributed by atoms with Gasteiger partial charge in [-0.05, 0) is 23.3 Å². The SMILES string of the molecule is NNC(c1ccccc1Cl)C1Cc2ccccc2O1. The van der Waals surface area contributed by atoms with Crippen molar-refractivity contribution in [3.05, 3.63) is 64.7 Å². The van der Waals surface area contributed by atoms with E-state index in [2.05, 4.69) is 11.5 Å². The summed E-state index contributed by atoms with van der Waals surface area (Å²) in [7, 11) is 0. The first kappa shape index (κ1) is 12.5. The molecule has 2 unspecified atom stereocenters. The summed E-state index contributed by atoms with van der Waals surface area (Å²) in [5.41, 5.74) is 5.00. The molecular weight excluding hydrogens is 260 g/mol. The van der Waals surface area contributed by atoms with Gasteiger partial charge in [-0.1, -0.05) is 48.0 Å². The Bertz CT molecular complexity index is 563. The molecule has 19 heavy (non-hydrogen) atoms. The van der Waals surface area contributed by atoms with Crippen LogP contribution in [0.25, 0.3) is 0 Å². The number of ether oxygens (including phenoxy) is 1. The molecule has 2 aromatic carbocycles. The van der Waals surface area contributed by atoms with Gasteiger partial charge in [0.05, 0.1) is 6.04 Å². The molecule has 1 aliphatic heterocycles. The summed E-state index contributed by atoms with van der Waals surface area (Å²) < 4.78 is 5.97. The third-order valence-electron chi connectivity index (χ3n) is 3.46. The van der Waals surface area contributed by atoms with E-state index in [1.165, 1.54) is 5.56 Å². The van der Waals surface area contributed by atoms with Crippen LogP contribution in [0.2, 0.25) is 5.02 Å². The lowest BCUT2D eigenvalue weighted by molar-refractivity contribution is 0.179. The Kier molecular flexibility index (Phi) is 3.42. The quantitative estimate of drug-likeness (QED) is 0.668. The first-order valence-electron chi connectivity index (χ1n) is 6.24. The van der Waals surface area contributed by atoms with E-state index in [-0.39, 0.29) is 12.1 Å². The maximum Gasteiger partial charge on any atom is 0.124 e. The zero-order chi connectivity index (χ0) is 13.2. The average Bonchev–Trinajstić information content (AvgIpc) is 2.85. The van der Waals surface area contributed by atoms with E-state index in [1.54, 1.807) is 0 Å². The van der Waals surface area contributed by atoms with Crippen LogP contribution in [0.1, 0.15) is 17.2 Å². The Morgan fingerprint density at radius 2 is 1.89 bits per heavy atom. The minimum absolute atomic E-state index is 0.0395. The monoisotopic (exact) mass is 274 g/mol. The van der Waals surface area contributed by atoms with E-state index < -0.39 is 0 Å². The van der Waals surface area contributed by atoms with Gasteiger partial charge in [-0.2, -0.15) is 0 Å². The van der Waals surface area contributed by atoms with Gasteiger partial charge < -0.3 is 4.74 Å². The van der Waals surface area contributed by atoms with Crippen LogP contribution in [0, 0.1) is 0 Å². The van der Waals surface area contributed by atoms with Crippen LogP contribution >= 0.6 is 11.6 Å². The standard InChI is InChI=1S/C15H15ClN2O/c16-12-7-3-2-6-11(12)15(18-17)14-9-10-5-1-4-8-13(10)19-14/h1-8,14-15,18H,9,17H2. The van der Waals surface area contributed by atoms with Crippen molar-refractivity contribution in [3.8, 4) is 5.75 Å². The van der Waals surface area contributed by atoms with E-state index in [0.717, 1.165) is 17.7 Å². The van der Waals surface area contributed by atoms with Gasteiger partial charge in [0.1, 0.15) is 11.9 Å². The van der Waals surface area contributed by atoms with Crippen molar-refractivity contribution >= 4 is 11.6 Å². The van der Waals surface area contributed by atoms with Gasteiger partial charge >= 0.3 is 0 Å². The van der Waals surface area contributed by atoms with Crippen molar-refractivity contribution in [1.29, 1.82) is 0 Å².